The van der Waals surface area contributed by atoms with E-state index >= 15 is 0 Å². The van der Waals surface area contributed by atoms with Gasteiger partial charge in [-0.05, 0) is 37.1 Å². The monoisotopic (exact) mass is 318 g/mol. The van der Waals surface area contributed by atoms with E-state index in [1.54, 1.807) is 0 Å². The number of nitrogens with zero attached hydrogens (tertiary/aromatic N) is 2. The fraction of sp³-hybridized carbons (Fsp3) is 0.235. The number of halogens is 2. The van der Waals surface area contributed by atoms with Crippen molar-refractivity contribution in [1.29, 1.82) is 0 Å². The van der Waals surface area contributed by atoms with Gasteiger partial charge in [0, 0.05) is 5.02 Å². The molecule has 1 heterocycles. The predicted octanol–water partition coefficient (Wildman–Crippen LogP) is 5.35. The first-order chi connectivity index (χ1) is 10.1. The van der Waals surface area contributed by atoms with Gasteiger partial charge in [-0.2, -0.15) is 0 Å². The summed E-state index contributed by atoms with van der Waals surface area (Å²) in [5.74, 6) is 0.876. The normalized spacial score (nSPS) is 12.8. The summed E-state index contributed by atoms with van der Waals surface area (Å²) in [5.41, 5.74) is 4.33. The number of aryl methyl sites for hydroxylation is 1. The van der Waals surface area contributed by atoms with Gasteiger partial charge in [-0.15, -0.1) is 11.6 Å². The van der Waals surface area contributed by atoms with Crippen molar-refractivity contribution in [2.24, 2.45) is 0 Å². The average Bonchev–Trinajstić information content (AvgIpc) is 2.82. The molecule has 0 spiro atoms. The maximum absolute atomic E-state index is 6.32. The van der Waals surface area contributed by atoms with Crippen molar-refractivity contribution < 1.29 is 0 Å². The molecule has 0 aliphatic rings. The van der Waals surface area contributed by atoms with Gasteiger partial charge in [-0.3, -0.25) is 0 Å². The number of imidazole rings is 1. The molecule has 0 fully saturated rings. The molecule has 0 saturated heterocycles. The van der Waals surface area contributed by atoms with Gasteiger partial charge >= 0.3 is 0 Å². The number of alkyl halides is 1. The molecule has 3 aromatic rings. The first-order valence-electron chi connectivity index (χ1n) is 6.91. The number of para-hydroxylation sites is 1. The fourth-order valence-electron chi connectivity index (χ4n) is 2.57. The summed E-state index contributed by atoms with van der Waals surface area (Å²) < 4.78 is 2.15. The third kappa shape index (κ3) is 2.66. The zero-order chi connectivity index (χ0) is 15.0. The molecule has 0 saturated carbocycles. The van der Waals surface area contributed by atoms with E-state index in [1.165, 1.54) is 0 Å². The van der Waals surface area contributed by atoms with Crippen LogP contribution in [-0.4, -0.2) is 9.55 Å². The van der Waals surface area contributed by atoms with E-state index in [1.807, 2.05) is 37.3 Å². The first-order valence-corrected chi connectivity index (χ1v) is 7.72. The van der Waals surface area contributed by atoms with Gasteiger partial charge in [0.1, 0.15) is 5.82 Å². The van der Waals surface area contributed by atoms with Crippen LogP contribution in [-0.2, 0) is 6.54 Å². The van der Waals surface area contributed by atoms with E-state index in [4.69, 9.17) is 28.2 Å². The highest BCUT2D eigenvalue weighted by molar-refractivity contribution is 6.31. The lowest BCUT2D eigenvalue weighted by Crippen LogP contribution is -2.06. The molecule has 3 rings (SSSR count). The molecule has 0 aliphatic heterocycles. The summed E-state index contributed by atoms with van der Waals surface area (Å²) >= 11 is 12.6. The molecule has 21 heavy (non-hydrogen) atoms. The van der Waals surface area contributed by atoms with Crippen molar-refractivity contribution in [3.63, 3.8) is 0 Å². The zero-order valence-electron chi connectivity index (χ0n) is 12.0. The van der Waals surface area contributed by atoms with Crippen LogP contribution < -0.4 is 0 Å². The van der Waals surface area contributed by atoms with Crippen molar-refractivity contribution >= 4 is 34.2 Å². The van der Waals surface area contributed by atoms with E-state index in [9.17, 15) is 0 Å². The predicted molar refractivity (Wildman–Crippen MR) is 89.3 cm³/mol. The van der Waals surface area contributed by atoms with Crippen LogP contribution in [0.2, 0.25) is 5.02 Å². The molecule has 108 valence electrons. The van der Waals surface area contributed by atoms with Crippen molar-refractivity contribution in [3.05, 3.63) is 64.4 Å². The summed E-state index contributed by atoms with van der Waals surface area (Å²) in [5, 5.41) is 0.611. The number of fused-ring (bicyclic) bond motifs is 1. The molecule has 0 aliphatic carbocycles. The second kappa shape index (κ2) is 5.70. The van der Waals surface area contributed by atoms with Crippen molar-refractivity contribution in [2.75, 3.05) is 0 Å². The number of benzene rings is 2. The molecular formula is C17H16Cl2N2. The number of hydrogen-bond acceptors (Lipinski definition) is 1. The minimum atomic E-state index is -0.153. The summed E-state index contributed by atoms with van der Waals surface area (Å²) in [7, 11) is 0. The Balaban J connectivity index is 2.19. The van der Waals surface area contributed by atoms with E-state index < -0.39 is 0 Å². The highest BCUT2D eigenvalue weighted by Crippen LogP contribution is 2.28. The molecule has 0 N–H and O–H groups in total. The maximum atomic E-state index is 6.32. The largest absolute Gasteiger partial charge is 0.322 e. The standard InChI is InChI=1S/C17H16Cl2N2/c1-11-6-5-9-15-16(11)20-17(12(2)18)21(15)10-13-7-3-4-8-14(13)19/h3-9,12H,10H2,1-2H3. The van der Waals surface area contributed by atoms with E-state index in [0.29, 0.717) is 6.54 Å². The fourth-order valence-corrected chi connectivity index (χ4v) is 2.93. The van der Waals surface area contributed by atoms with Gasteiger partial charge in [0.05, 0.1) is 23.0 Å². The second-order valence-corrected chi connectivity index (χ2v) is 6.27. The third-order valence-electron chi connectivity index (χ3n) is 3.65. The summed E-state index contributed by atoms with van der Waals surface area (Å²) in [6, 6.07) is 14.1. The average molecular weight is 319 g/mol. The minimum absolute atomic E-state index is 0.153. The quantitative estimate of drug-likeness (QED) is 0.595. The lowest BCUT2D eigenvalue weighted by molar-refractivity contribution is 0.743. The number of rotatable bonds is 3. The Kier molecular flexibility index (Phi) is 3.92. The SMILES string of the molecule is Cc1cccc2c1nc(C(C)Cl)n2Cc1ccccc1Cl. The van der Waals surface area contributed by atoms with Gasteiger partial charge in [-0.1, -0.05) is 41.9 Å². The second-order valence-electron chi connectivity index (χ2n) is 5.21. The van der Waals surface area contributed by atoms with E-state index in [0.717, 1.165) is 33.0 Å². The topological polar surface area (TPSA) is 17.8 Å². The Morgan fingerprint density at radius 1 is 1.14 bits per heavy atom. The van der Waals surface area contributed by atoms with Crippen LogP contribution in [0, 0.1) is 6.92 Å². The smallest absolute Gasteiger partial charge is 0.128 e. The molecule has 2 nitrogen and oxygen atoms in total. The molecule has 1 atom stereocenters. The number of hydrogen-bond donors (Lipinski definition) is 0. The van der Waals surface area contributed by atoms with E-state index in [2.05, 4.69) is 23.6 Å². The summed E-state index contributed by atoms with van der Waals surface area (Å²) in [4.78, 5) is 4.73. The Hall–Kier alpha value is -1.51. The number of aromatic nitrogens is 2. The maximum Gasteiger partial charge on any atom is 0.128 e. The molecule has 0 bridgehead atoms. The van der Waals surface area contributed by atoms with Crippen molar-refractivity contribution in [1.82, 2.24) is 9.55 Å². The lowest BCUT2D eigenvalue weighted by atomic mass is 10.2. The van der Waals surface area contributed by atoms with E-state index in [-0.39, 0.29) is 5.38 Å². The van der Waals surface area contributed by atoms with Crippen molar-refractivity contribution in [3.8, 4) is 0 Å². The Morgan fingerprint density at radius 2 is 1.90 bits per heavy atom. The van der Waals surface area contributed by atoms with Gasteiger partial charge in [-0.25, -0.2) is 4.98 Å². The zero-order valence-corrected chi connectivity index (χ0v) is 13.5. The van der Waals surface area contributed by atoms with Crippen LogP contribution in [0.3, 0.4) is 0 Å². The minimum Gasteiger partial charge on any atom is -0.322 e. The molecule has 4 heteroatoms. The van der Waals surface area contributed by atoms with Crippen LogP contribution in [0.1, 0.15) is 29.3 Å². The highest BCUT2D eigenvalue weighted by Gasteiger charge is 2.16. The lowest BCUT2D eigenvalue weighted by Gasteiger charge is -2.11. The van der Waals surface area contributed by atoms with Crippen molar-refractivity contribution in [2.45, 2.75) is 25.8 Å². The van der Waals surface area contributed by atoms with Crippen LogP contribution in [0.25, 0.3) is 11.0 Å². The van der Waals surface area contributed by atoms with Gasteiger partial charge in [0.25, 0.3) is 0 Å². The van der Waals surface area contributed by atoms with Crippen LogP contribution in [0.5, 0.6) is 0 Å². The molecule has 1 aromatic heterocycles. The molecule has 0 radical (unpaired) electrons. The summed E-state index contributed by atoms with van der Waals surface area (Å²) in [6.45, 7) is 4.69. The molecular weight excluding hydrogens is 303 g/mol. The highest BCUT2D eigenvalue weighted by atomic mass is 35.5. The van der Waals surface area contributed by atoms with Gasteiger partial charge in [0.2, 0.25) is 0 Å². The van der Waals surface area contributed by atoms with Gasteiger partial charge in [0.15, 0.2) is 0 Å². The summed E-state index contributed by atoms with van der Waals surface area (Å²) in [6.07, 6.45) is 0. The van der Waals surface area contributed by atoms with Crippen LogP contribution >= 0.6 is 23.2 Å². The first kappa shape index (κ1) is 14.4. The third-order valence-corrected chi connectivity index (χ3v) is 4.22. The Bertz CT molecular complexity index is 791. The van der Waals surface area contributed by atoms with Crippen LogP contribution in [0.15, 0.2) is 42.5 Å². The molecule has 2 aromatic carbocycles. The Morgan fingerprint density at radius 3 is 2.62 bits per heavy atom. The van der Waals surface area contributed by atoms with Crippen LogP contribution in [0.4, 0.5) is 0 Å². The Labute approximate surface area is 134 Å². The molecule has 1 unspecified atom stereocenters. The van der Waals surface area contributed by atoms with Gasteiger partial charge < -0.3 is 4.57 Å². The molecule has 0 amide bonds.